The Kier molecular flexibility index (Phi) is 5.76. The van der Waals surface area contributed by atoms with Crippen LogP contribution in [0.4, 0.5) is 4.39 Å². The Hall–Kier alpha value is -1.39. The van der Waals surface area contributed by atoms with Crippen LogP contribution in [0.2, 0.25) is 0 Å². The molecule has 2 rings (SSSR count). The third-order valence-electron chi connectivity index (χ3n) is 2.93. The first-order valence-corrected chi connectivity index (χ1v) is 7.77. The van der Waals surface area contributed by atoms with Crippen molar-refractivity contribution in [2.45, 2.75) is 20.4 Å². The lowest BCUT2D eigenvalue weighted by Gasteiger charge is -2.14. The predicted molar refractivity (Wildman–Crippen MR) is 87.2 cm³/mol. The van der Waals surface area contributed by atoms with Crippen LogP contribution in [0, 0.1) is 11.7 Å². The number of nitrogens with one attached hydrogen (secondary N) is 1. The van der Waals surface area contributed by atoms with Crippen LogP contribution in [-0.2, 0) is 6.54 Å². The van der Waals surface area contributed by atoms with E-state index in [1.807, 2.05) is 30.3 Å². The summed E-state index contributed by atoms with van der Waals surface area (Å²) in [4.78, 5) is 0. The summed E-state index contributed by atoms with van der Waals surface area (Å²) >= 11 is 3.38. The van der Waals surface area contributed by atoms with E-state index in [2.05, 4.69) is 35.1 Å². The van der Waals surface area contributed by atoms with Gasteiger partial charge in [0.25, 0.3) is 0 Å². The van der Waals surface area contributed by atoms with Crippen molar-refractivity contribution in [2.24, 2.45) is 5.92 Å². The molecule has 0 aliphatic carbocycles. The zero-order chi connectivity index (χ0) is 15.2. The third kappa shape index (κ3) is 4.83. The smallest absolute Gasteiger partial charge is 0.167 e. The standard InChI is InChI=1S/C17H19BrFNO/c1-12(2)10-20-11-13-5-3-8-16(19)17(13)21-15-7-4-6-14(18)9-15/h3-9,12,20H,10-11H2,1-2H3. The van der Waals surface area contributed by atoms with E-state index in [-0.39, 0.29) is 11.6 Å². The molecular weight excluding hydrogens is 333 g/mol. The van der Waals surface area contributed by atoms with Crippen molar-refractivity contribution in [1.29, 1.82) is 0 Å². The van der Waals surface area contributed by atoms with Gasteiger partial charge in [0.15, 0.2) is 11.6 Å². The maximum absolute atomic E-state index is 14.1. The molecule has 0 aliphatic heterocycles. The van der Waals surface area contributed by atoms with Crippen molar-refractivity contribution >= 4 is 15.9 Å². The topological polar surface area (TPSA) is 21.3 Å². The molecule has 0 amide bonds. The first-order valence-electron chi connectivity index (χ1n) is 6.98. The minimum atomic E-state index is -0.348. The van der Waals surface area contributed by atoms with E-state index in [1.165, 1.54) is 6.07 Å². The lowest BCUT2D eigenvalue weighted by Crippen LogP contribution is -2.19. The molecule has 112 valence electrons. The normalized spacial score (nSPS) is 10.9. The predicted octanol–water partition coefficient (Wildman–Crippen LogP) is 5.13. The molecule has 0 bridgehead atoms. The van der Waals surface area contributed by atoms with E-state index in [0.29, 0.717) is 18.2 Å². The zero-order valence-corrected chi connectivity index (χ0v) is 13.8. The average molecular weight is 352 g/mol. The van der Waals surface area contributed by atoms with Crippen LogP contribution in [0.3, 0.4) is 0 Å². The van der Waals surface area contributed by atoms with Gasteiger partial charge in [-0.25, -0.2) is 4.39 Å². The number of benzene rings is 2. The molecule has 2 aromatic carbocycles. The third-order valence-corrected chi connectivity index (χ3v) is 3.43. The summed E-state index contributed by atoms with van der Waals surface area (Å²) < 4.78 is 20.7. The Morgan fingerprint density at radius 3 is 2.67 bits per heavy atom. The fraction of sp³-hybridized carbons (Fsp3) is 0.294. The van der Waals surface area contributed by atoms with Gasteiger partial charge < -0.3 is 10.1 Å². The summed E-state index contributed by atoms with van der Waals surface area (Å²) in [5, 5.41) is 3.31. The summed E-state index contributed by atoms with van der Waals surface area (Å²) in [5.74, 6) is 1.10. The average Bonchev–Trinajstić information content (AvgIpc) is 2.42. The number of hydrogen-bond donors (Lipinski definition) is 1. The number of hydrogen-bond acceptors (Lipinski definition) is 2. The molecule has 0 heterocycles. The summed E-state index contributed by atoms with van der Waals surface area (Å²) in [5.41, 5.74) is 0.815. The summed E-state index contributed by atoms with van der Waals surface area (Å²) in [7, 11) is 0. The molecule has 0 saturated carbocycles. The molecule has 2 aromatic rings. The van der Waals surface area contributed by atoms with E-state index < -0.39 is 0 Å². The molecule has 0 saturated heterocycles. The van der Waals surface area contributed by atoms with Crippen LogP contribution in [0.5, 0.6) is 11.5 Å². The van der Waals surface area contributed by atoms with E-state index in [9.17, 15) is 4.39 Å². The minimum Gasteiger partial charge on any atom is -0.454 e. The van der Waals surface area contributed by atoms with Gasteiger partial charge in [0.1, 0.15) is 5.75 Å². The van der Waals surface area contributed by atoms with Gasteiger partial charge >= 0.3 is 0 Å². The molecule has 0 spiro atoms. The van der Waals surface area contributed by atoms with Gasteiger partial charge in [-0.3, -0.25) is 0 Å². The summed E-state index contributed by atoms with van der Waals surface area (Å²) in [6.07, 6.45) is 0. The molecule has 0 radical (unpaired) electrons. The monoisotopic (exact) mass is 351 g/mol. The lowest BCUT2D eigenvalue weighted by atomic mass is 10.1. The fourth-order valence-corrected chi connectivity index (χ4v) is 2.33. The van der Waals surface area contributed by atoms with Crippen LogP contribution >= 0.6 is 15.9 Å². The highest BCUT2D eigenvalue weighted by Crippen LogP contribution is 2.29. The maximum Gasteiger partial charge on any atom is 0.167 e. The van der Waals surface area contributed by atoms with Crippen molar-refractivity contribution in [2.75, 3.05) is 6.54 Å². The number of rotatable bonds is 6. The highest BCUT2D eigenvalue weighted by Gasteiger charge is 2.11. The van der Waals surface area contributed by atoms with Gasteiger partial charge in [-0.1, -0.05) is 48.0 Å². The van der Waals surface area contributed by atoms with Crippen molar-refractivity contribution < 1.29 is 9.13 Å². The largest absolute Gasteiger partial charge is 0.454 e. The van der Waals surface area contributed by atoms with Crippen molar-refractivity contribution in [1.82, 2.24) is 5.32 Å². The van der Waals surface area contributed by atoms with Gasteiger partial charge in [0.05, 0.1) is 0 Å². The quantitative estimate of drug-likeness (QED) is 0.779. The number of para-hydroxylation sites is 1. The van der Waals surface area contributed by atoms with Crippen molar-refractivity contribution in [3.8, 4) is 11.5 Å². The Morgan fingerprint density at radius 1 is 1.19 bits per heavy atom. The van der Waals surface area contributed by atoms with Crippen LogP contribution < -0.4 is 10.1 Å². The van der Waals surface area contributed by atoms with Crippen molar-refractivity contribution in [3.05, 3.63) is 58.3 Å². The van der Waals surface area contributed by atoms with Gasteiger partial charge in [-0.15, -0.1) is 0 Å². The SMILES string of the molecule is CC(C)CNCc1cccc(F)c1Oc1cccc(Br)c1. The van der Waals surface area contributed by atoms with Gasteiger partial charge in [0.2, 0.25) is 0 Å². The zero-order valence-electron chi connectivity index (χ0n) is 12.2. The van der Waals surface area contributed by atoms with Crippen LogP contribution in [0.15, 0.2) is 46.9 Å². The maximum atomic E-state index is 14.1. The lowest BCUT2D eigenvalue weighted by molar-refractivity contribution is 0.431. The number of ether oxygens (including phenoxy) is 1. The molecule has 2 nitrogen and oxygen atoms in total. The second-order valence-corrected chi connectivity index (χ2v) is 6.23. The van der Waals surface area contributed by atoms with Crippen LogP contribution in [-0.4, -0.2) is 6.54 Å². The first kappa shape index (κ1) is 16.0. The molecule has 4 heteroatoms. The molecule has 0 aliphatic rings. The Balaban J connectivity index is 2.17. The van der Waals surface area contributed by atoms with Gasteiger partial charge in [0, 0.05) is 16.6 Å². The van der Waals surface area contributed by atoms with E-state index in [0.717, 1.165) is 16.6 Å². The molecule has 0 atom stereocenters. The van der Waals surface area contributed by atoms with E-state index in [1.54, 1.807) is 6.07 Å². The molecule has 21 heavy (non-hydrogen) atoms. The van der Waals surface area contributed by atoms with Gasteiger partial charge in [-0.05, 0) is 36.7 Å². The van der Waals surface area contributed by atoms with Crippen LogP contribution in [0.1, 0.15) is 19.4 Å². The highest BCUT2D eigenvalue weighted by atomic mass is 79.9. The molecule has 0 aromatic heterocycles. The highest BCUT2D eigenvalue weighted by molar-refractivity contribution is 9.10. The fourth-order valence-electron chi connectivity index (χ4n) is 1.95. The van der Waals surface area contributed by atoms with Gasteiger partial charge in [-0.2, -0.15) is 0 Å². The second-order valence-electron chi connectivity index (χ2n) is 5.31. The molecule has 1 N–H and O–H groups in total. The second kappa shape index (κ2) is 7.57. The summed E-state index contributed by atoms with van der Waals surface area (Å²) in [6.45, 7) is 5.74. The molecule has 0 fully saturated rings. The molecular formula is C17H19BrFNO. The van der Waals surface area contributed by atoms with E-state index >= 15 is 0 Å². The Morgan fingerprint density at radius 2 is 1.95 bits per heavy atom. The van der Waals surface area contributed by atoms with E-state index in [4.69, 9.17) is 4.74 Å². The van der Waals surface area contributed by atoms with Crippen molar-refractivity contribution in [3.63, 3.8) is 0 Å². The van der Waals surface area contributed by atoms with Crippen LogP contribution in [0.25, 0.3) is 0 Å². The Labute approximate surface area is 133 Å². The summed E-state index contributed by atoms with van der Waals surface area (Å²) in [6, 6.07) is 12.4. The minimum absolute atomic E-state index is 0.284. The Bertz CT molecular complexity index is 601. The number of halogens is 2. The first-order chi connectivity index (χ1) is 10.1. The molecule has 0 unspecified atom stereocenters.